The highest BCUT2D eigenvalue weighted by atomic mass is 16.6. The van der Waals surface area contributed by atoms with Gasteiger partial charge in [-0.15, -0.1) is 0 Å². The van der Waals surface area contributed by atoms with Gasteiger partial charge in [0.05, 0.1) is 82.2 Å². The molecule has 0 spiro atoms. The molecule has 0 saturated carbocycles. The van der Waals surface area contributed by atoms with E-state index in [1.54, 1.807) is 68.2 Å². The van der Waals surface area contributed by atoms with Crippen LogP contribution in [0.4, 0.5) is 0 Å². The van der Waals surface area contributed by atoms with Crippen molar-refractivity contribution < 1.29 is 82.1 Å². The van der Waals surface area contributed by atoms with Gasteiger partial charge in [-0.25, -0.2) is 29.1 Å². The van der Waals surface area contributed by atoms with Crippen molar-refractivity contribution in [2.24, 2.45) is 11.7 Å². The third-order valence-electron chi connectivity index (χ3n) is 13.3. The number of aromatic amines is 1. The molecule has 0 amide bonds. The van der Waals surface area contributed by atoms with Crippen LogP contribution >= 0.6 is 0 Å². The van der Waals surface area contributed by atoms with Gasteiger partial charge in [0.2, 0.25) is 5.88 Å². The SMILES string of the molecule is C=C(C(=O)OC)C(O)c1ccccn1.C=CC(=O)OC.CC(=O)OC(C)=O.COC(=O)c1cc2ccccn2c1.COC(=O)c1cc2n(c1)CCCC2.COC(=O)c1cc2n(c1OC)CCCC2.NN.O.O=Cc1ccccn1.O=c1[nH]ncc2c1cc1n2CCCC1. The summed E-state index contributed by atoms with van der Waals surface area (Å²) in [5, 5.41) is 16.7. The van der Waals surface area contributed by atoms with E-state index in [-0.39, 0.29) is 34.5 Å². The van der Waals surface area contributed by atoms with Gasteiger partial charge in [0.15, 0.2) is 6.29 Å². The predicted octanol–water partition coefficient (Wildman–Crippen LogP) is 6.19. The van der Waals surface area contributed by atoms with Crippen LogP contribution in [0.5, 0.6) is 5.88 Å². The summed E-state index contributed by atoms with van der Waals surface area (Å²) in [6, 6.07) is 23.6. The standard InChI is InChI=1S/C11H15NO3.C10H11N3O.C10H11NO3.C10H13NO2.C10H9NO2.C6H5NO.C4H6O3.C4H6O2.H4N2.H2O/c1-14-10-9(11(13)15-2)7-8-5-3-4-6-12(8)10;14-10-8-5-7-3-1-2-4-13(7)9(8)6-11-12-10;1-7(10(13)14-2)9(12)8-5-3-4-6-11-8;2*1-13-10(12)8-6-9-4-2-3-5-11(9)7-8;8-5-6-3-1-2-4-7-6;1-3(5)7-4(2)6;1-3-4(5)6-2;1-2;/h7H,3-6H2,1-2H3;5-6H,1-4H2,(H,12,14);3-6,9,12H,1H2,2H3;6-7H,2-5H2,1H3;2-7H,1H3;1-5H;1-2H3;3H,1H2,2H3;1-2H2;1H2. The van der Waals surface area contributed by atoms with Gasteiger partial charge in [-0.05, 0) is 118 Å². The lowest BCUT2D eigenvalue weighted by Crippen LogP contribution is -2.12. The second-order valence-electron chi connectivity index (χ2n) is 19.4. The van der Waals surface area contributed by atoms with Crippen molar-refractivity contribution in [2.75, 3.05) is 42.7 Å². The topological polar surface area (TPSA) is 396 Å². The van der Waals surface area contributed by atoms with Gasteiger partial charge in [-0.3, -0.25) is 40.8 Å². The number of hydrogen-bond donors (Lipinski definition) is 4. The third-order valence-corrected chi connectivity index (χ3v) is 13.3. The Kier molecular flexibility index (Phi) is 35.7. The molecule has 3 aliphatic rings. The number of aliphatic hydroxyl groups excluding tert-OH is 1. The molecule has 11 heterocycles. The van der Waals surface area contributed by atoms with E-state index in [1.807, 2.05) is 53.2 Å². The number of fused-ring (bicyclic) bond motifs is 6. The van der Waals surface area contributed by atoms with Gasteiger partial charge in [0, 0.05) is 93.1 Å². The number of nitrogens with zero attached hydrogens (tertiary/aromatic N) is 7. The van der Waals surface area contributed by atoms with Crippen LogP contribution < -0.4 is 22.0 Å². The van der Waals surface area contributed by atoms with E-state index < -0.39 is 30.0 Å². The number of aromatic nitrogens is 8. The summed E-state index contributed by atoms with van der Waals surface area (Å²) in [7, 11) is 8.31. The summed E-state index contributed by atoms with van der Waals surface area (Å²) in [6.07, 6.45) is 21.5. The van der Waals surface area contributed by atoms with Crippen LogP contribution in [0.25, 0.3) is 16.4 Å². The summed E-state index contributed by atoms with van der Waals surface area (Å²) in [6.45, 7) is 11.9. The average Bonchev–Trinajstić information content (AvgIpc) is 1.72. The van der Waals surface area contributed by atoms with E-state index in [2.05, 4.69) is 82.4 Å². The molecule has 8 aromatic rings. The molecule has 0 aromatic carbocycles. The Morgan fingerprint density at radius 2 is 1.24 bits per heavy atom. The number of H-pyrrole nitrogens is 1. The summed E-state index contributed by atoms with van der Waals surface area (Å²) in [5.41, 5.74) is 8.21. The summed E-state index contributed by atoms with van der Waals surface area (Å²) < 4.78 is 40.1. The normalized spacial score (nSPS) is 11.9. The van der Waals surface area contributed by atoms with Crippen LogP contribution in [0.2, 0.25) is 0 Å². The molecule has 0 aliphatic carbocycles. The summed E-state index contributed by atoms with van der Waals surface area (Å²) in [4.78, 5) is 103. The molecular weight excluding hydrogens is 1210 g/mol. The van der Waals surface area contributed by atoms with Crippen LogP contribution in [0.1, 0.15) is 123 Å². The second-order valence-corrected chi connectivity index (χ2v) is 19.4. The highest BCUT2D eigenvalue weighted by Crippen LogP contribution is 2.29. The van der Waals surface area contributed by atoms with Crippen molar-refractivity contribution in [3.05, 3.63) is 196 Å². The number of hydrazine groups is 1. The molecule has 0 radical (unpaired) electrons. The predicted molar refractivity (Wildman–Crippen MR) is 343 cm³/mol. The smallest absolute Gasteiger partial charge is 0.343 e. The lowest BCUT2D eigenvalue weighted by Gasteiger charge is -2.16. The number of aliphatic hydroxyl groups is 1. The summed E-state index contributed by atoms with van der Waals surface area (Å²) >= 11 is 0. The van der Waals surface area contributed by atoms with Crippen molar-refractivity contribution in [1.29, 1.82) is 0 Å². The Balaban J connectivity index is 0.000000366. The highest BCUT2D eigenvalue weighted by Gasteiger charge is 2.24. The Labute approximate surface area is 536 Å². The van der Waals surface area contributed by atoms with E-state index in [1.165, 1.54) is 105 Å². The molecule has 93 heavy (non-hydrogen) atoms. The van der Waals surface area contributed by atoms with Crippen LogP contribution in [0, 0.1) is 0 Å². The van der Waals surface area contributed by atoms with Crippen LogP contribution in [-0.4, -0.2) is 140 Å². The number of nitrogens with two attached hydrogens (primary N) is 2. The minimum absolute atomic E-state index is 0. The zero-order chi connectivity index (χ0) is 68.1. The number of pyridine rings is 3. The lowest BCUT2D eigenvalue weighted by atomic mass is 10.1. The molecule has 28 nitrogen and oxygen atoms in total. The zero-order valence-electron chi connectivity index (χ0n) is 53.4. The maximum absolute atomic E-state index is 11.5. The fourth-order valence-corrected chi connectivity index (χ4v) is 9.05. The number of methoxy groups -OCH3 is 6. The largest absolute Gasteiger partial charge is 0.482 e. The van der Waals surface area contributed by atoms with Gasteiger partial charge in [-0.1, -0.05) is 31.4 Å². The van der Waals surface area contributed by atoms with Crippen LogP contribution in [-0.2, 0) is 86.5 Å². The number of esters is 7. The molecule has 500 valence electrons. The summed E-state index contributed by atoms with van der Waals surface area (Å²) in [5.74, 6) is 5.62. The number of aldehydes is 1. The van der Waals surface area contributed by atoms with E-state index >= 15 is 0 Å². The number of nitrogens with one attached hydrogen (secondary N) is 1. The quantitative estimate of drug-likeness (QED) is 0.0238. The molecule has 11 rings (SSSR count). The fourth-order valence-electron chi connectivity index (χ4n) is 9.05. The third kappa shape index (κ3) is 24.9. The second kappa shape index (κ2) is 42.3. The fraction of sp³-hybridized carbons (Fsp3) is 0.323. The van der Waals surface area contributed by atoms with E-state index in [0.29, 0.717) is 34.0 Å². The monoisotopic (exact) mass is 1290 g/mol. The average molecular weight is 1290 g/mol. The first-order valence-corrected chi connectivity index (χ1v) is 28.6. The zero-order valence-corrected chi connectivity index (χ0v) is 53.4. The van der Waals surface area contributed by atoms with Crippen LogP contribution in [0.15, 0.2) is 146 Å². The Morgan fingerprint density at radius 1 is 0.667 bits per heavy atom. The van der Waals surface area contributed by atoms with E-state index in [9.17, 15) is 48.3 Å². The van der Waals surface area contributed by atoms with Gasteiger partial charge in [-0.2, -0.15) is 5.10 Å². The molecular formula is C65H82N10O18. The number of ether oxygens (including phenoxy) is 7. The Morgan fingerprint density at radius 3 is 1.72 bits per heavy atom. The first-order chi connectivity index (χ1) is 44.3. The first-order valence-electron chi connectivity index (χ1n) is 28.6. The molecule has 3 aliphatic heterocycles. The Hall–Kier alpha value is -10.7. The van der Waals surface area contributed by atoms with Gasteiger partial charge >= 0.3 is 41.8 Å². The number of carbonyl (C=O) groups is 8. The minimum atomic E-state index is -1.11. The molecule has 8 aromatic heterocycles. The van der Waals surface area contributed by atoms with Crippen molar-refractivity contribution >= 4 is 64.5 Å². The van der Waals surface area contributed by atoms with Crippen molar-refractivity contribution in [3.63, 3.8) is 0 Å². The number of hydrogen-bond acceptors (Lipinski definition) is 22. The first kappa shape index (κ1) is 78.4. The molecule has 1 atom stereocenters. The maximum atomic E-state index is 11.5. The van der Waals surface area contributed by atoms with Crippen molar-refractivity contribution in [3.8, 4) is 5.88 Å². The maximum Gasteiger partial charge on any atom is 0.343 e. The van der Waals surface area contributed by atoms with E-state index in [0.717, 1.165) is 74.1 Å². The van der Waals surface area contributed by atoms with E-state index in [4.69, 9.17) is 9.47 Å². The number of aryl methyl sites for hydroxylation is 5. The molecule has 0 fully saturated rings. The molecule has 0 bridgehead atoms. The molecule has 1 unspecified atom stereocenters. The number of rotatable bonds is 9. The van der Waals surface area contributed by atoms with Crippen molar-refractivity contribution in [1.82, 2.24) is 38.3 Å². The van der Waals surface area contributed by atoms with Gasteiger partial charge in [0.1, 0.15) is 17.4 Å². The van der Waals surface area contributed by atoms with Crippen molar-refractivity contribution in [2.45, 2.75) is 97.4 Å². The van der Waals surface area contributed by atoms with Crippen LogP contribution in [0.3, 0.4) is 0 Å². The molecule has 8 N–H and O–H groups in total. The van der Waals surface area contributed by atoms with Gasteiger partial charge in [0.25, 0.3) is 5.56 Å². The highest BCUT2D eigenvalue weighted by molar-refractivity contribution is 5.93. The van der Waals surface area contributed by atoms with Gasteiger partial charge < -0.3 is 61.8 Å². The minimum Gasteiger partial charge on any atom is -0.482 e. The molecule has 28 heteroatoms. The number of carbonyl (C=O) groups excluding carboxylic acids is 8. The molecule has 0 saturated heterocycles. The Bertz CT molecular complexity index is 3690. The lowest BCUT2D eigenvalue weighted by molar-refractivity contribution is -0.156.